The van der Waals surface area contributed by atoms with Crippen molar-refractivity contribution in [3.63, 3.8) is 0 Å². The molecule has 1 aliphatic heterocycles. The minimum absolute atomic E-state index is 0.0642. The van der Waals surface area contributed by atoms with Crippen LogP contribution in [0.1, 0.15) is 56.6 Å². The van der Waals surface area contributed by atoms with E-state index in [9.17, 15) is 14.4 Å². The summed E-state index contributed by atoms with van der Waals surface area (Å²) in [6, 6.07) is 4.95. The number of nitrogens with one attached hydrogen (secondary N) is 2. The number of carbonyl (C=O) groups is 2. The highest BCUT2D eigenvalue weighted by molar-refractivity contribution is 6.07. The van der Waals surface area contributed by atoms with Crippen molar-refractivity contribution in [2.24, 2.45) is 0 Å². The van der Waals surface area contributed by atoms with Gasteiger partial charge in [-0.3, -0.25) is 14.5 Å². The van der Waals surface area contributed by atoms with E-state index >= 15 is 0 Å². The lowest BCUT2D eigenvalue weighted by Gasteiger charge is -2.35. The number of pyridine rings is 2. The van der Waals surface area contributed by atoms with Crippen LogP contribution in [-0.2, 0) is 9.47 Å². The molecule has 1 aliphatic carbocycles. The maximum Gasteiger partial charge on any atom is 0.414 e. The fraction of sp³-hybridized carbons (Fsp3) is 0.536. The van der Waals surface area contributed by atoms with Crippen LogP contribution >= 0.6 is 0 Å². The predicted octanol–water partition coefficient (Wildman–Crippen LogP) is 3.28. The number of likely N-dealkylation sites (tertiary alicyclic amines) is 1. The lowest BCUT2D eigenvalue weighted by atomic mass is 9.89. The minimum atomic E-state index is -0.739. The van der Waals surface area contributed by atoms with Gasteiger partial charge in [0.05, 0.1) is 23.9 Å². The molecule has 3 aromatic rings. The van der Waals surface area contributed by atoms with Gasteiger partial charge in [0, 0.05) is 33.0 Å². The van der Waals surface area contributed by atoms with Gasteiger partial charge in [0.25, 0.3) is 11.5 Å². The van der Waals surface area contributed by atoms with Gasteiger partial charge >= 0.3 is 6.09 Å². The number of likely N-dealkylation sites (N-methyl/N-ethyl adjacent to an activating group) is 1. The molecule has 3 aromatic heterocycles. The van der Waals surface area contributed by atoms with Gasteiger partial charge in [0.15, 0.2) is 5.52 Å². The molecule has 0 aromatic carbocycles. The Hall–Kier alpha value is -3.97. The Morgan fingerprint density at radius 3 is 2.61 bits per heavy atom. The number of amides is 2. The number of aromatic nitrogens is 3. The highest BCUT2D eigenvalue weighted by Gasteiger charge is 2.34. The molecule has 2 N–H and O–H groups in total. The Labute approximate surface area is 237 Å². The van der Waals surface area contributed by atoms with Crippen LogP contribution in [0.5, 0.6) is 0 Å². The molecule has 220 valence electrons. The summed E-state index contributed by atoms with van der Waals surface area (Å²) in [7, 11) is 5.17. The van der Waals surface area contributed by atoms with Crippen molar-refractivity contribution in [2.45, 2.75) is 63.8 Å². The largest absolute Gasteiger partial charge is 0.443 e. The molecule has 3 atom stereocenters. The molecule has 0 radical (unpaired) electrons. The third kappa shape index (κ3) is 5.91. The molecule has 1 saturated heterocycles. The van der Waals surface area contributed by atoms with Crippen LogP contribution in [0.15, 0.2) is 33.7 Å². The second-order valence-corrected chi connectivity index (χ2v) is 11.7. The SMILES string of the molecule is CO[C@@H]1CC[C@H]1NC(=O)c1onc2c(N(C)C(=O)OC(C)(C)C)cc(Nc3cccn(C4CCN(C)C4)c3=O)nc12. The Morgan fingerprint density at radius 1 is 1.20 bits per heavy atom. The molecule has 13 nitrogen and oxygen atoms in total. The van der Waals surface area contributed by atoms with Crippen molar-refractivity contribution in [1.82, 2.24) is 24.9 Å². The summed E-state index contributed by atoms with van der Waals surface area (Å²) in [4.78, 5) is 47.7. The van der Waals surface area contributed by atoms with E-state index in [0.29, 0.717) is 11.4 Å². The van der Waals surface area contributed by atoms with Gasteiger partial charge in [-0.2, -0.15) is 0 Å². The van der Waals surface area contributed by atoms with Crippen LogP contribution in [0.3, 0.4) is 0 Å². The zero-order valence-corrected chi connectivity index (χ0v) is 24.3. The van der Waals surface area contributed by atoms with E-state index in [4.69, 9.17) is 14.0 Å². The van der Waals surface area contributed by atoms with E-state index in [1.54, 1.807) is 56.8 Å². The molecule has 1 unspecified atom stereocenters. The Morgan fingerprint density at radius 2 is 1.98 bits per heavy atom. The molecular formula is C28H37N7O6. The van der Waals surface area contributed by atoms with E-state index in [2.05, 4.69) is 25.7 Å². The van der Waals surface area contributed by atoms with Crippen molar-refractivity contribution in [3.05, 3.63) is 40.5 Å². The van der Waals surface area contributed by atoms with E-state index in [1.165, 1.54) is 11.9 Å². The van der Waals surface area contributed by atoms with Gasteiger partial charge in [-0.15, -0.1) is 0 Å². The first-order chi connectivity index (χ1) is 19.4. The minimum Gasteiger partial charge on any atom is -0.443 e. The van der Waals surface area contributed by atoms with Gasteiger partial charge in [-0.25, -0.2) is 9.78 Å². The number of hydrogen-bond acceptors (Lipinski definition) is 10. The highest BCUT2D eigenvalue weighted by atomic mass is 16.6. The Balaban J connectivity index is 1.53. The lowest BCUT2D eigenvalue weighted by molar-refractivity contribution is 0.00677. The predicted molar refractivity (Wildman–Crippen MR) is 153 cm³/mol. The number of nitrogens with zero attached hydrogens (tertiary/aromatic N) is 5. The molecule has 2 amide bonds. The molecule has 0 spiro atoms. The van der Waals surface area contributed by atoms with Crippen LogP contribution in [-0.4, -0.2) is 83.6 Å². The van der Waals surface area contributed by atoms with Gasteiger partial charge in [-0.05, 0) is 65.8 Å². The standard InChI is InChI=1S/C28H37N7O6/c1-28(2,3)40-27(38)34(5)19-14-21(29-18-8-7-12-35(26(18)37)16-11-13-33(4)15-16)31-23-22(19)32-41-24(23)25(36)30-17-9-10-20(17)39-6/h7-8,12,14,16-17,20H,9-11,13,15H2,1-6H3,(H,29,31)(H,30,36)/t16?,17-,20-/m1/s1. The molecule has 2 aliphatic rings. The summed E-state index contributed by atoms with van der Waals surface area (Å²) in [5.74, 6) is -0.372. The quantitative estimate of drug-likeness (QED) is 0.436. The average molecular weight is 568 g/mol. The molecule has 1 saturated carbocycles. The monoisotopic (exact) mass is 567 g/mol. The maximum absolute atomic E-state index is 13.4. The van der Waals surface area contributed by atoms with Crippen molar-refractivity contribution < 1.29 is 23.6 Å². The third-order valence-electron chi connectivity index (χ3n) is 7.48. The van der Waals surface area contributed by atoms with Gasteiger partial charge in [0.1, 0.15) is 22.6 Å². The normalized spacial score (nSPS) is 21.0. The summed E-state index contributed by atoms with van der Waals surface area (Å²) in [5, 5.41) is 10.1. The second-order valence-electron chi connectivity index (χ2n) is 11.7. The third-order valence-corrected chi connectivity index (χ3v) is 7.48. The topological polar surface area (TPSA) is 144 Å². The van der Waals surface area contributed by atoms with Crippen molar-refractivity contribution in [1.29, 1.82) is 0 Å². The van der Waals surface area contributed by atoms with Crippen molar-refractivity contribution >= 4 is 40.2 Å². The Kier molecular flexibility index (Phi) is 7.75. The van der Waals surface area contributed by atoms with Crippen LogP contribution < -0.4 is 21.1 Å². The Bertz CT molecular complexity index is 1510. The molecular weight excluding hydrogens is 530 g/mol. The van der Waals surface area contributed by atoms with Crippen molar-refractivity contribution in [2.75, 3.05) is 44.5 Å². The van der Waals surface area contributed by atoms with E-state index in [1.807, 2.05) is 7.05 Å². The summed E-state index contributed by atoms with van der Waals surface area (Å²) in [6.45, 7) is 6.99. The number of methoxy groups -OCH3 is 1. The summed E-state index contributed by atoms with van der Waals surface area (Å²) in [6.07, 6.45) is 3.58. The molecule has 41 heavy (non-hydrogen) atoms. The van der Waals surface area contributed by atoms with E-state index in [0.717, 1.165) is 32.4 Å². The number of ether oxygens (including phenoxy) is 2. The highest BCUT2D eigenvalue weighted by Crippen LogP contribution is 2.32. The van der Waals surface area contributed by atoms with Crippen LogP contribution in [0.2, 0.25) is 0 Å². The molecule has 0 bridgehead atoms. The van der Waals surface area contributed by atoms with Crippen molar-refractivity contribution in [3.8, 4) is 0 Å². The number of anilines is 3. The molecule has 4 heterocycles. The van der Waals surface area contributed by atoms with E-state index < -0.39 is 17.6 Å². The average Bonchev–Trinajstić information content (AvgIpc) is 3.52. The first-order valence-corrected chi connectivity index (χ1v) is 13.7. The fourth-order valence-corrected chi connectivity index (χ4v) is 5.13. The lowest BCUT2D eigenvalue weighted by Crippen LogP contribution is -2.51. The summed E-state index contributed by atoms with van der Waals surface area (Å²) < 4.78 is 18.1. The van der Waals surface area contributed by atoms with E-state index in [-0.39, 0.29) is 46.4 Å². The first-order valence-electron chi connectivity index (χ1n) is 13.7. The number of hydrogen-bond donors (Lipinski definition) is 2. The maximum atomic E-state index is 13.4. The van der Waals surface area contributed by atoms with Crippen LogP contribution in [0.4, 0.5) is 22.0 Å². The van der Waals surface area contributed by atoms with Crippen LogP contribution in [0.25, 0.3) is 11.0 Å². The van der Waals surface area contributed by atoms with Crippen LogP contribution in [0, 0.1) is 0 Å². The summed E-state index contributed by atoms with van der Waals surface area (Å²) >= 11 is 0. The zero-order valence-electron chi connectivity index (χ0n) is 24.3. The molecule has 2 fully saturated rings. The first kappa shape index (κ1) is 28.6. The second kappa shape index (κ2) is 11.1. The zero-order chi connectivity index (χ0) is 29.5. The number of rotatable bonds is 7. The van der Waals surface area contributed by atoms with Gasteiger partial charge < -0.3 is 34.1 Å². The number of carbonyl (C=O) groups excluding carboxylic acids is 2. The number of fused-ring (bicyclic) bond motifs is 1. The van der Waals surface area contributed by atoms with Gasteiger partial charge in [0.2, 0.25) is 5.76 Å². The van der Waals surface area contributed by atoms with Gasteiger partial charge in [-0.1, -0.05) is 5.16 Å². The molecule has 13 heteroatoms. The summed E-state index contributed by atoms with van der Waals surface area (Å²) in [5.41, 5.74) is -0.000421. The molecule has 5 rings (SSSR count). The fourth-order valence-electron chi connectivity index (χ4n) is 5.13. The smallest absolute Gasteiger partial charge is 0.414 e.